The molecule has 0 unspecified atom stereocenters. The Balaban J connectivity index is 1.98. The topological polar surface area (TPSA) is 41.3 Å². The third-order valence-corrected chi connectivity index (χ3v) is 3.95. The highest BCUT2D eigenvalue weighted by Gasteiger charge is 2.41. The zero-order chi connectivity index (χ0) is 14.8. The summed E-state index contributed by atoms with van der Waals surface area (Å²) in [5.74, 6) is 1.43. The standard InChI is InChI=1S/C16H19N3OS/c1-11(2)10-19-15(13-7-5-9-20-13)14(18-16(19)21)12-6-3-4-8-17-12/h3-9,11,14-15H,10H2,1-2H3,(H,18,21)/t14-,15+/m1/s1. The van der Waals surface area contributed by atoms with Gasteiger partial charge in [0.05, 0.1) is 18.0 Å². The van der Waals surface area contributed by atoms with Crippen molar-refractivity contribution in [3.05, 3.63) is 54.2 Å². The van der Waals surface area contributed by atoms with Crippen molar-refractivity contribution in [2.75, 3.05) is 6.54 Å². The number of nitrogens with zero attached hydrogens (tertiary/aromatic N) is 2. The number of aromatic nitrogens is 1. The van der Waals surface area contributed by atoms with Gasteiger partial charge in [-0.2, -0.15) is 0 Å². The van der Waals surface area contributed by atoms with Crippen LogP contribution >= 0.6 is 12.2 Å². The second-order valence-electron chi connectivity index (χ2n) is 5.69. The maximum atomic E-state index is 5.66. The second-order valence-corrected chi connectivity index (χ2v) is 6.07. The summed E-state index contributed by atoms with van der Waals surface area (Å²) in [6, 6.07) is 9.92. The Morgan fingerprint density at radius 1 is 1.33 bits per heavy atom. The Bertz CT molecular complexity index is 597. The van der Waals surface area contributed by atoms with Crippen LogP contribution in [0.25, 0.3) is 0 Å². The Kier molecular flexibility index (Phi) is 3.92. The van der Waals surface area contributed by atoms with Gasteiger partial charge in [0.15, 0.2) is 5.11 Å². The summed E-state index contributed by atoms with van der Waals surface area (Å²) in [6.07, 6.45) is 3.52. The van der Waals surface area contributed by atoms with Crippen molar-refractivity contribution in [1.82, 2.24) is 15.2 Å². The molecule has 1 fully saturated rings. The molecule has 2 atom stereocenters. The average molecular weight is 301 g/mol. The lowest BCUT2D eigenvalue weighted by atomic mass is 10.0. The maximum Gasteiger partial charge on any atom is 0.170 e. The fraction of sp³-hybridized carbons (Fsp3) is 0.375. The van der Waals surface area contributed by atoms with Crippen molar-refractivity contribution in [3.8, 4) is 0 Å². The number of nitrogens with one attached hydrogen (secondary N) is 1. The highest BCUT2D eigenvalue weighted by Crippen LogP contribution is 2.38. The molecule has 21 heavy (non-hydrogen) atoms. The Hall–Kier alpha value is -1.88. The molecule has 1 aliphatic heterocycles. The first-order chi connectivity index (χ1) is 10.2. The van der Waals surface area contributed by atoms with Crippen LogP contribution in [0.2, 0.25) is 0 Å². The van der Waals surface area contributed by atoms with E-state index in [1.54, 1.807) is 6.26 Å². The summed E-state index contributed by atoms with van der Waals surface area (Å²) in [6.45, 7) is 5.27. The van der Waals surface area contributed by atoms with Crippen LogP contribution in [0.3, 0.4) is 0 Å². The summed E-state index contributed by atoms with van der Waals surface area (Å²) in [4.78, 5) is 6.68. The van der Waals surface area contributed by atoms with Crippen molar-refractivity contribution in [3.63, 3.8) is 0 Å². The van der Waals surface area contributed by atoms with Crippen LogP contribution in [0.5, 0.6) is 0 Å². The van der Waals surface area contributed by atoms with Crippen molar-refractivity contribution in [2.45, 2.75) is 25.9 Å². The molecule has 0 spiro atoms. The number of pyridine rings is 1. The van der Waals surface area contributed by atoms with E-state index in [0.717, 1.165) is 23.1 Å². The van der Waals surface area contributed by atoms with Crippen LogP contribution in [0.1, 0.15) is 37.4 Å². The van der Waals surface area contributed by atoms with E-state index in [9.17, 15) is 0 Å². The average Bonchev–Trinajstić information content (AvgIpc) is 3.08. The second kappa shape index (κ2) is 5.85. The lowest BCUT2D eigenvalue weighted by Crippen LogP contribution is -2.32. The summed E-state index contributed by atoms with van der Waals surface area (Å²) < 4.78 is 5.66. The number of hydrogen-bond donors (Lipinski definition) is 1. The molecule has 0 aromatic carbocycles. The van der Waals surface area contributed by atoms with E-state index in [4.69, 9.17) is 16.6 Å². The third kappa shape index (κ3) is 2.78. The van der Waals surface area contributed by atoms with Gasteiger partial charge < -0.3 is 14.6 Å². The van der Waals surface area contributed by atoms with Gasteiger partial charge in [0.2, 0.25) is 0 Å². The monoisotopic (exact) mass is 301 g/mol. The van der Waals surface area contributed by atoms with Crippen LogP contribution in [0, 0.1) is 5.92 Å². The largest absolute Gasteiger partial charge is 0.467 e. The van der Waals surface area contributed by atoms with Crippen LogP contribution < -0.4 is 5.32 Å². The van der Waals surface area contributed by atoms with Gasteiger partial charge in [-0.25, -0.2) is 0 Å². The molecule has 2 aromatic heterocycles. The molecule has 110 valence electrons. The minimum atomic E-state index is 0.0172. The molecule has 3 heterocycles. The number of rotatable bonds is 4. The molecule has 1 saturated heterocycles. The van der Waals surface area contributed by atoms with Crippen LogP contribution in [-0.2, 0) is 0 Å². The molecule has 2 aromatic rings. The lowest BCUT2D eigenvalue weighted by Gasteiger charge is -2.27. The van der Waals surface area contributed by atoms with E-state index in [1.165, 1.54) is 0 Å². The van der Waals surface area contributed by atoms with Gasteiger partial charge in [0, 0.05) is 12.7 Å². The Morgan fingerprint density at radius 3 is 2.81 bits per heavy atom. The molecule has 0 amide bonds. The van der Waals surface area contributed by atoms with Crippen molar-refractivity contribution < 1.29 is 4.42 Å². The molecule has 0 bridgehead atoms. The SMILES string of the molecule is CC(C)CN1C(=S)N[C@H](c2ccccn2)[C@@H]1c1ccco1. The summed E-state index contributed by atoms with van der Waals surface area (Å²) in [5, 5.41) is 4.16. The predicted octanol–water partition coefficient (Wildman–Crippen LogP) is 3.30. The fourth-order valence-corrected chi connectivity index (χ4v) is 3.08. The van der Waals surface area contributed by atoms with Crippen molar-refractivity contribution in [1.29, 1.82) is 0 Å². The normalized spacial score (nSPS) is 21.9. The van der Waals surface area contributed by atoms with Crippen LogP contribution in [0.15, 0.2) is 47.2 Å². The molecule has 5 heteroatoms. The van der Waals surface area contributed by atoms with E-state index >= 15 is 0 Å². The summed E-state index contributed by atoms with van der Waals surface area (Å²) >= 11 is 5.53. The molecule has 3 rings (SSSR count). The van der Waals surface area contributed by atoms with Gasteiger partial charge >= 0.3 is 0 Å². The van der Waals surface area contributed by atoms with Crippen LogP contribution in [-0.4, -0.2) is 21.5 Å². The smallest absolute Gasteiger partial charge is 0.170 e. The quantitative estimate of drug-likeness (QED) is 0.878. The molecule has 1 aliphatic rings. The highest BCUT2D eigenvalue weighted by molar-refractivity contribution is 7.80. The molecule has 0 radical (unpaired) electrons. The fourth-order valence-electron chi connectivity index (χ4n) is 2.76. The third-order valence-electron chi connectivity index (χ3n) is 3.59. The molecule has 0 saturated carbocycles. The molecule has 4 nitrogen and oxygen atoms in total. The summed E-state index contributed by atoms with van der Waals surface area (Å²) in [5.41, 5.74) is 0.979. The predicted molar refractivity (Wildman–Crippen MR) is 85.7 cm³/mol. The zero-order valence-electron chi connectivity index (χ0n) is 12.2. The minimum Gasteiger partial charge on any atom is -0.467 e. The Labute approximate surface area is 130 Å². The Morgan fingerprint density at radius 2 is 2.19 bits per heavy atom. The molecular formula is C16H19N3OS. The van der Waals surface area contributed by atoms with Crippen molar-refractivity contribution >= 4 is 17.3 Å². The summed E-state index contributed by atoms with van der Waals surface area (Å²) in [7, 11) is 0. The van der Waals surface area contributed by atoms with E-state index in [-0.39, 0.29) is 12.1 Å². The van der Waals surface area contributed by atoms with Gasteiger partial charge in [-0.1, -0.05) is 19.9 Å². The first kappa shape index (κ1) is 14.1. The number of hydrogen-bond acceptors (Lipinski definition) is 3. The number of furan rings is 1. The van der Waals surface area contributed by atoms with Gasteiger partial charge in [-0.15, -0.1) is 0 Å². The highest BCUT2D eigenvalue weighted by atomic mass is 32.1. The van der Waals surface area contributed by atoms with E-state index in [0.29, 0.717) is 5.92 Å². The molecular weight excluding hydrogens is 282 g/mol. The minimum absolute atomic E-state index is 0.0172. The van der Waals surface area contributed by atoms with E-state index in [2.05, 4.69) is 29.0 Å². The first-order valence-electron chi connectivity index (χ1n) is 7.18. The van der Waals surface area contributed by atoms with Gasteiger partial charge in [0.1, 0.15) is 11.8 Å². The first-order valence-corrected chi connectivity index (χ1v) is 7.59. The van der Waals surface area contributed by atoms with Gasteiger partial charge in [-0.05, 0) is 42.4 Å². The van der Waals surface area contributed by atoms with Gasteiger partial charge in [0.25, 0.3) is 0 Å². The van der Waals surface area contributed by atoms with Crippen molar-refractivity contribution in [2.24, 2.45) is 5.92 Å². The van der Waals surface area contributed by atoms with E-state index in [1.807, 2.05) is 36.5 Å². The molecule has 1 N–H and O–H groups in total. The molecule has 0 aliphatic carbocycles. The zero-order valence-corrected chi connectivity index (χ0v) is 13.0. The maximum absolute atomic E-state index is 5.66. The lowest BCUT2D eigenvalue weighted by molar-refractivity contribution is 0.252. The van der Waals surface area contributed by atoms with Gasteiger partial charge in [-0.3, -0.25) is 4.98 Å². The van der Waals surface area contributed by atoms with Crippen LogP contribution in [0.4, 0.5) is 0 Å². The van der Waals surface area contributed by atoms with E-state index < -0.39 is 0 Å². The number of thiocarbonyl (C=S) groups is 1.